The fraction of sp³-hybridized carbons (Fsp3) is 0.526. The molecular formula is C19H24F3N5O3. The molecule has 0 spiro atoms. The molecule has 0 amide bonds. The molecule has 1 N–H and O–H groups in total. The number of hydrogen-bond acceptors (Lipinski definition) is 6. The number of halogens is 3. The fourth-order valence-corrected chi connectivity index (χ4v) is 3.33. The number of piperazine rings is 1. The number of H-pyrrole nitrogens is 1. The van der Waals surface area contributed by atoms with Crippen molar-refractivity contribution in [1.29, 1.82) is 0 Å². The molecular weight excluding hydrogens is 403 g/mol. The predicted octanol–water partition coefficient (Wildman–Crippen LogP) is 1.39. The topological polar surface area (TPSA) is 83.5 Å². The van der Waals surface area contributed by atoms with Crippen molar-refractivity contribution in [3.05, 3.63) is 50.8 Å². The van der Waals surface area contributed by atoms with Crippen molar-refractivity contribution in [3.8, 4) is 5.75 Å². The van der Waals surface area contributed by atoms with Gasteiger partial charge >= 0.3 is 11.9 Å². The molecule has 0 saturated carbocycles. The van der Waals surface area contributed by atoms with Crippen LogP contribution in [0.15, 0.2) is 33.9 Å². The zero-order valence-electron chi connectivity index (χ0n) is 16.6. The third kappa shape index (κ3) is 5.85. The monoisotopic (exact) mass is 427 g/mol. The maximum Gasteiger partial charge on any atom is 0.422 e. The van der Waals surface area contributed by atoms with Crippen LogP contribution in [-0.2, 0) is 6.54 Å². The van der Waals surface area contributed by atoms with E-state index >= 15 is 0 Å². The molecule has 2 heterocycles. The number of rotatable bonds is 7. The average molecular weight is 427 g/mol. The molecule has 0 atom stereocenters. The van der Waals surface area contributed by atoms with Crippen molar-refractivity contribution in [2.45, 2.75) is 26.1 Å². The lowest BCUT2D eigenvalue weighted by atomic mass is 10.2. The van der Waals surface area contributed by atoms with E-state index in [2.05, 4.69) is 15.0 Å². The van der Waals surface area contributed by atoms with Gasteiger partial charge in [0.25, 0.3) is 5.56 Å². The van der Waals surface area contributed by atoms with Gasteiger partial charge in [0.1, 0.15) is 11.4 Å². The molecule has 1 fully saturated rings. The van der Waals surface area contributed by atoms with Crippen molar-refractivity contribution < 1.29 is 17.9 Å². The Balaban J connectivity index is 1.50. The summed E-state index contributed by atoms with van der Waals surface area (Å²) in [7, 11) is 0. The zero-order chi connectivity index (χ0) is 21.7. The third-order valence-electron chi connectivity index (χ3n) is 4.87. The van der Waals surface area contributed by atoms with Crippen LogP contribution >= 0.6 is 0 Å². The molecule has 1 aromatic carbocycles. The molecule has 3 rings (SSSR count). The van der Waals surface area contributed by atoms with Gasteiger partial charge in [-0.3, -0.25) is 14.7 Å². The maximum absolute atomic E-state index is 12.5. The van der Waals surface area contributed by atoms with E-state index in [1.165, 1.54) is 4.68 Å². The van der Waals surface area contributed by atoms with E-state index in [4.69, 9.17) is 4.74 Å². The van der Waals surface area contributed by atoms with Gasteiger partial charge in [0, 0.05) is 39.3 Å². The van der Waals surface area contributed by atoms with Crippen LogP contribution < -0.4 is 20.9 Å². The van der Waals surface area contributed by atoms with Crippen LogP contribution in [0.2, 0.25) is 0 Å². The number of para-hydroxylation sites is 2. The second-order valence-electron chi connectivity index (χ2n) is 7.12. The number of aryl methyl sites for hydroxylation is 2. The predicted molar refractivity (Wildman–Crippen MR) is 105 cm³/mol. The van der Waals surface area contributed by atoms with E-state index in [-0.39, 0.29) is 11.4 Å². The smallest absolute Gasteiger partial charge is 0.422 e. The number of alkyl halides is 3. The summed E-state index contributed by atoms with van der Waals surface area (Å²) in [6, 6.07) is 6.74. The molecule has 0 bridgehead atoms. The summed E-state index contributed by atoms with van der Waals surface area (Å²) in [4.78, 5) is 29.6. The molecule has 1 aliphatic heterocycles. The highest BCUT2D eigenvalue weighted by Crippen LogP contribution is 2.30. The first-order valence-corrected chi connectivity index (χ1v) is 9.67. The van der Waals surface area contributed by atoms with Gasteiger partial charge in [-0.15, -0.1) is 0 Å². The van der Waals surface area contributed by atoms with Gasteiger partial charge in [-0.25, -0.2) is 9.48 Å². The van der Waals surface area contributed by atoms with Gasteiger partial charge in [0.05, 0.1) is 5.69 Å². The molecule has 0 unspecified atom stereocenters. The summed E-state index contributed by atoms with van der Waals surface area (Å²) in [5.74, 6) is 0.224. The van der Waals surface area contributed by atoms with Gasteiger partial charge in [-0.2, -0.15) is 18.3 Å². The lowest BCUT2D eigenvalue weighted by molar-refractivity contribution is -0.153. The number of benzene rings is 1. The maximum atomic E-state index is 12.5. The lowest BCUT2D eigenvalue weighted by Gasteiger charge is -2.36. The Hall–Kier alpha value is -2.82. The molecule has 0 radical (unpaired) electrons. The van der Waals surface area contributed by atoms with Gasteiger partial charge in [-0.05, 0) is 25.5 Å². The number of hydrogen-bond donors (Lipinski definition) is 1. The Labute approximate surface area is 170 Å². The molecule has 30 heavy (non-hydrogen) atoms. The van der Waals surface area contributed by atoms with Crippen molar-refractivity contribution in [2.24, 2.45) is 0 Å². The van der Waals surface area contributed by atoms with E-state index in [9.17, 15) is 22.8 Å². The Morgan fingerprint density at radius 2 is 1.80 bits per heavy atom. The Bertz CT molecular complexity index is 965. The second kappa shape index (κ2) is 9.33. The molecule has 1 saturated heterocycles. The highest BCUT2D eigenvalue weighted by Gasteiger charge is 2.29. The van der Waals surface area contributed by atoms with Crippen LogP contribution in [0.1, 0.15) is 12.1 Å². The van der Waals surface area contributed by atoms with E-state index in [0.717, 1.165) is 19.6 Å². The van der Waals surface area contributed by atoms with Gasteiger partial charge < -0.3 is 9.64 Å². The number of nitrogens with one attached hydrogen (secondary N) is 1. The van der Waals surface area contributed by atoms with Crippen LogP contribution in [0, 0.1) is 6.92 Å². The second-order valence-corrected chi connectivity index (χ2v) is 7.12. The van der Waals surface area contributed by atoms with Crippen LogP contribution in [0.5, 0.6) is 5.75 Å². The Morgan fingerprint density at radius 1 is 1.10 bits per heavy atom. The summed E-state index contributed by atoms with van der Waals surface area (Å²) >= 11 is 0. The van der Waals surface area contributed by atoms with E-state index in [1.54, 1.807) is 31.2 Å². The standard InChI is InChI=1S/C19H24F3N5O3/c1-14-17(28)23-18(29)27(24-14)8-4-7-25-9-11-26(12-10-25)15-5-2-3-6-16(15)30-13-19(20,21)22/h2-3,5-6H,4,7-13H2,1H3,(H,23,28,29). The SMILES string of the molecule is Cc1nn(CCCN2CCN(c3ccccc3OCC(F)(F)F)CC2)c(=O)[nH]c1=O. The molecule has 8 nitrogen and oxygen atoms in total. The minimum atomic E-state index is -4.38. The van der Waals surface area contributed by atoms with Gasteiger partial charge in [0.2, 0.25) is 0 Å². The molecule has 1 aliphatic rings. The molecule has 164 valence electrons. The third-order valence-corrected chi connectivity index (χ3v) is 4.87. The normalized spacial score (nSPS) is 15.4. The summed E-state index contributed by atoms with van der Waals surface area (Å²) in [6.45, 7) is 4.15. The van der Waals surface area contributed by atoms with Crippen LogP contribution in [0.4, 0.5) is 18.9 Å². The molecule has 1 aromatic heterocycles. The Kier molecular flexibility index (Phi) is 6.80. The number of ether oxygens (including phenoxy) is 1. The fourth-order valence-electron chi connectivity index (χ4n) is 3.33. The van der Waals surface area contributed by atoms with Crippen LogP contribution in [-0.4, -0.2) is 65.2 Å². The van der Waals surface area contributed by atoms with Gasteiger partial charge in [-0.1, -0.05) is 12.1 Å². The van der Waals surface area contributed by atoms with Crippen LogP contribution in [0.3, 0.4) is 0 Å². The zero-order valence-corrected chi connectivity index (χ0v) is 16.6. The summed E-state index contributed by atoms with van der Waals surface area (Å²) < 4.78 is 43.7. The Morgan fingerprint density at radius 3 is 2.50 bits per heavy atom. The van der Waals surface area contributed by atoms with E-state index in [0.29, 0.717) is 31.7 Å². The van der Waals surface area contributed by atoms with Crippen molar-refractivity contribution >= 4 is 5.69 Å². The number of aromatic nitrogens is 3. The summed E-state index contributed by atoms with van der Waals surface area (Å²) in [5, 5.41) is 3.99. The van der Waals surface area contributed by atoms with Gasteiger partial charge in [0.15, 0.2) is 6.61 Å². The molecule has 11 heteroatoms. The van der Waals surface area contributed by atoms with Crippen LogP contribution in [0.25, 0.3) is 0 Å². The van der Waals surface area contributed by atoms with Crippen molar-refractivity contribution in [2.75, 3.05) is 44.2 Å². The van der Waals surface area contributed by atoms with E-state index < -0.39 is 24.0 Å². The molecule has 2 aromatic rings. The highest BCUT2D eigenvalue weighted by atomic mass is 19.4. The quantitative estimate of drug-likeness (QED) is 0.719. The first-order chi connectivity index (χ1) is 14.2. The van der Waals surface area contributed by atoms with E-state index in [1.807, 2.05) is 4.90 Å². The first kappa shape index (κ1) is 21.9. The highest BCUT2D eigenvalue weighted by molar-refractivity contribution is 5.58. The minimum Gasteiger partial charge on any atom is -0.482 e. The largest absolute Gasteiger partial charge is 0.482 e. The first-order valence-electron chi connectivity index (χ1n) is 9.67. The lowest BCUT2D eigenvalue weighted by Crippen LogP contribution is -2.47. The minimum absolute atomic E-state index is 0.224. The summed E-state index contributed by atoms with van der Waals surface area (Å²) in [5.41, 5.74) is -0.103. The van der Waals surface area contributed by atoms with Crippen molar-refractivity contribution in [1.82, 2.24) is 19.7 Å². The van der Waals surface area contributed by atoms with Crippen molar-refractivity contribution in [3.63, 3.8) is 0 Å². The number of aromatic amines is 1. The molecule has 0 aliphatic carbocycles. The number of nitrogens with zero attached hydrogens (tertiary/aromatic N) is 4. The summed E-state index contributed by atoms with van der Waals surface area (Å²) in [6.07, 6.45) is -3.70. The average Bonchev–Trinajstić information content (AvgIpc) is 2.70. The number of anilines is 1.